The van der Waals surface area contributed by atoms with E-state index in [9.17, 15) is 0 Å². The van der Waals surface area contributed by atoms with Gasteiger partial charge in [0.15, 0.2) is 0 Å². The van der Waals surface area contributed by atoms with Gasteiger partial charge < -0.3 is 10.1 Å². The molecule has 0 bridgehead atoms. The zero-order valence-corrected chi connectivity index (χ0v) is 12.1. The number of thiazole rings is 1. The highest BCUT2D eigenvalue weighted by atomic mass is 32.1. The summed E-state index contributed by atoms with van der Waals surface area (Å²) in [6, 6.07) is 6.69. The standard InChI is InChI=1S/C15H18N2OS/c1-10-5-6-11(14(8-10)18-2)15-17-13(9-19-15)12-4-3-7-16-12/h5-6,8-9,12,16H,3-4,7H2,1-2H3/t12-/m0/s1. The second-order valence-corrected chi connectivity index (χ2v) is 5.79. The molecule has 1 N–H and O–H groups in total. The average molecular weight is 274 g/mol. The van der Waals surface area contributed by atoms with Gasteiger partial charge in [0.1, 0.15) is 10.8 Å². The van der Waals surface area contributed by atoms with Gasteiger partial charge in [0.2, 0.25) is 0 Å². The maximum atomic E-state index is 5.47. The van der Waals surface area contributed by atoms with Gasteiger partial charge in [-0.05, 0) is 44.0 Å². The predicted molar refractivity (Wildman–Crippen MR) is 78.8 cm³/mol. The largest absolute Gasteiger partial charge is 0.496 e. The molecule has 3 nitrogen and oxygen atoms in total. The molecule has 4 heteroatoms. The summed E-state index contributed by atoms with van der Waals surface area (Å²) < 4.78 is 5.47. The van der Waals surface area contributed by atoms with Crippen LogP contribution in [0.15, 0.2) is 23.6 Å². The molecule has 100 valence electrons. The SMILES string of the molecule is COc1cc(C)ccc1-c1nc([C@@H]2CCCN2)cs1. The molecule has 19 heavy (non-hydrogen) atoms. The van der Waals surface area contributed by atoms with Crippen LogP contribution in [0.25, 0.3) is 10.6 Å². The molecule has 1 saturated heterocycles. The lowest BCUT2D eigenvalue weighted by Crippen LogP contribution is -2.12. The first-order chi connectivity index (χ1) is 9.28. The first-order valence-corrected chi connectivity index (χ1v) is 7.49. The number of nitrogens with one attached hydrogen (secondary N) is 1. The molecule has 0 radical (unpaired) electrons. The highest BCUT2D eigenvalue weighted by Gasteiger charge is 2.20. The van der Waals surface area contributed by atoms with Crippen molar-refractivity contribution in [2.75, 3.05) is 13.7 Å². The third-order valence-electron chi connectivity index (χ3n) is 3.53. The third-order valence-corrected chi connectivity index (χ3v) is 4.42. The second kappa shape index (κ2) is 5.31. The summed E-state index contributed by atoms with van der Waals surface area (Å²) in [6.45, 7) is 3.17. The molecule has 2 aromatic rings. The van der Waals surface area contributed by atoms with Crippen LogP contribution in [-0.4, -0.2) is 18.6 Å². The molecule has 1 aromatic heterocycles. The van der Waals surface area contributed by atoms with Gasteiger partial charge in [0.05, 0.1) is 24.4 Å². The second-order valence-electron chi connectivity index (χ2n) is 4.93. The molecular formula is C15H18N2OS. The van der Waals surface area contributed by atoms with E-state index in [2.05, 4.69) is 35.8 Å². The van der Waals surface area contributed by atoms with Gasteiger partial charge in [-0.1, -0.05) is 6.07 Å². The Morgan fingerprint density at radius 2 is 2.32 bits per heavy atom. The number of aryl methyl sites for hydroxylation is 1. The summed E-state index contributed by atoms with van der Waals surface area (Å²) in [5.74, 6) is 0.903. The Labute approximate surface area is 117 Å². The van der Waals surface area contributed by atoms with Crippen molar-refractivity contribution < 1.29 is 4.74 Å². The van der Waals surface area contributed by atoms with Gasteiger partial charge >= 0.3 is 0 Å². The van der Waals surface area contributed by atoms with E-state index < -0.39 is 0 Å². The summed E-state index contributed by atoms with van der Waals surface area (Å²) in [5, 5.41) is 6.69. The van der Waals surface area contributed by atoms with E-state index in [1.165, 1.54) is 24.1 Å². The molecule has 0 saturated carbocycles. The van der Waals surface area contributed by atoms with Gasteiger partial charge in [0, 0.05) is 5.38 Å². The smallest absolute Gasteiger partial charge is 0.129 e. The zero-order chi connectivity index (χ0) is 13.2. The van der Waals surface area contributed by atoms with Crippen LogP contribution >= 0.6 is 11.3 Å². The number of nitrogens with zero attached hydrogens (tertiary/aromatic N) is 1. The minimum absolute atomic E-state index is 0.432. The Kier molecular flexibility index (Phi) is 3.53. The highest BCUT2D eigenvalue weighted by molar-refractivity contribution is 7.13. The van der Waals surface area contributed by atoms with Crippen molar-refractivity contribution in [3.63, 3.8) is 0 Å². The minimum Gasteiger partial charge on any atom is -0.496 e. The Bertz CT molecular complexity index is 573. The van der Waals surface area contributed by atoms with Gasteiger partial charge in [0.25, 0.3) is 0 Å². The van der Waals surface area contributed by atoms with Crippen molar-refractivity contribution in [3.05, 3.63) is 34.8 Å². The van der Waals surface area contributed by atoms with Crippen LogP contribution in [0.3, 0.4) is 0 Å². The summed E-state index contributed by atoms with van der Waals surface area (Å²) in [6.07, 6.45) is 2.43. The Hall–Kier alpha value is -1.39. The van der Waals surface area contributed by atoms with E-state index >= 15 is 0 Å². The lowest BCUT2D eigenvalue weighted by molar-refractivity contribution is 0.416. The highest BCUT2D eigenvalue weighted by Crippen LogP contribution is 2.35. The molecule has 3 rings (SSSR count). The van der Waals surface area contributed by atoms with Crippen molar-refractivity contribution in [3.8, 4) is 16.3 Å². The number of aromatic nitrogens is 1. The van der Waals surface area contributed by atoms with E-state index in [1.807, 2.05) is 0 Å². The van der Waals surface area contributed by atoms with E-state index in [4.69, 9.17) is 9.72 Å². The quantitative estimate of drug-likeness (QED) is 0.929. The van der Waals surface area contributed by atoms with Crippen molar-refractivity contribution in [2.24, 2.45) is 0 Å². The Morgan fingerprint density at radius 1 is 1.42 bits per heavy atom. The number of methoxy groups -OCH3 is 1. The average Bonchev–Trinajstić information content (AvgIpc) is 3.09. The molecule has 0 amide bonds. The van der Waals surface area contributed by atoms with Crippen LogP contribution < -0.4 is 10.1 Å². The number of hydrogen-bond acceptors (Lipinski definition) is 4. The number of rotatable bonds is 3. The molecule has 1 fully saturated rings. The minimum atomic E-state index is 0.432. The fourth-order valence-electron chi connectivity index (χ4n) is 2.48. The van der Waals surface area contributed by atoms with Gasteiger partial charge in [-0.3, -0.25) is 0 Å². The van der Waals surface area contributed by atoms with E-state index in [0.717, 1.165) is 22.9 Å². The molecule has 1 aromatic carbocycles. The summed E-state index contributed by atoms with van der Waals surface area (Å²) in [4.78, 5) is 4.78. The Balaban J connectivity index is 1.93. The van der Waals surface area contributed by atoms with Crippen molar-refractivity contribution in [2.45, 2.75) is 25.8 Å². The van der Waals surface area contributed by atoms with Gasteiger partial charge in [-0.15, -0.1) is 11.3 Å². The van der Waals surface area contributed by atoms with Crippen molar-refractivity contribution >= 4 is 11.3 Å². The van der Waals surface area contributed by atoms with Crippen molar-refractivity contribution in [1.82, 2.24) is 10.3 Å². The normalized spacial score (nSPS) is 18.7. The topological polar surface area (TPSA) is 34.1 Å². The fraction of sp³-hybridized carbons (Fsp3) is 0.400. The van der Waals surface area contributed by atoms with Crippen LogP contribution in [-0.2, 0) is 0 Å². The maximum Gasteiger partial charge on any atom is 0.129 e. The fourth-order valence-corrected chi connectivity index (χ4v) is 3.39. The van der Waals surface area contributed by atoms with Crippen LogP contribution in [0.5, 0.6) is 5.75 Å². The molecular weight excluding hydrogens is 256 g/mol. The number of benzene rings is 1. The van der Waals surface area contributed by atoms with Crippen molar-refractivity contribution in [1.29, 1.82) is 0 Å². The molecule has 0 aliphatic carbocycles. The molecule has 1 aliphatic rings. The van der Waals surface area contributed by atoms with Crippen LogP contribution in [0, 0.1) is 6.92 Å². The predicted octanol–water partition coefficient (Wildman–Crippen LogP) is 3.55. The zero-order valence-electron chi connectivity index (χ0n) is 11.3. The van der Waals surface area contributed by atoms with Crippen LogP contribution in [0.2, 0.25) is 0 Å². The molecule has 2 heterocycles. The summed E-state index contributed by atoms with van der Waals surface area (Å²) in [5.41, 5.74) is 3.46. The van der Waals surface area contributed by atoms with E-state index in [0.29, 0.717) is 6.04 Å². The molecule has 1 aliphatic heterocycles. The van der Waals surface area contributed by atoms with Crippen LogP contribution in [0.1, 0.15) is 30.1 Å². The van der Waals surface area contributed by atoms with Gasteiger partial charge in [-0.25, -0.2) is 4.98 Å². The molecule has 0 unspecified atom stereocenters. The lowest BCUT2D eigenvalue weighted by Gasteiger charge is -2.08. The van der Waals surface area contributed by atoms with E-state index in [1.54, 1.807) is 18.4 Å². The molecule has 0 spiro atoms. The first kappa shape index (κ1) is 12.6. The maximum absolute atomic E-state index is 5.47. The Morgan fingerprint density at radius 3 is 3.05 bits per heavy atom. The van der Waals surface area contributed by atoms with E-state index in [-0.39, 0.29) is 0 Å². The number of hydrogen-bond donors (Lipinski definition) is 1. The van der Waals surface area contributed by atoms with Crippen LogP contribution in [0.4, 0.5) is 0 Å². The first-order valence-electron chi connectivity index (χ1n) is 6.62. The monoisotopic (exact) mass is 274 g/mol. The summed E-state index contributed by atoms with van der Waals surface area (Å²) >= 11 is 1.69. The lowest BCUT2D eigenvalue weighted by atomic mass is 10.1. The molecule has 1 atom stereocenters. The number of ether oxygens (including phenoxy) is 1. The third kappa shape index (κ3) is 2.51. The summed E-state index contributed by atoms with van der Waals surface area (Å²) in [7, 11) is 1.71. The van der Waals surface area contributed by atoms with Gasteiger partial charge in [-0.2, -0.15) is 0 Å².